The summed E-state index contributed by atoms with van der Waals surface area (Å²) in [5.74, 6) is -0.954. The van der Waals surface area contributed by atoms with Crippen molar-refractivity contribution in [1.29, 1.82) is 0 Å². The molecule has 0 bridgehead atoms. The van der Waals surface area contributed by atoms with E-state index in [2.05, 4.69) is 25.9 Å². The van der Waals surface area contributed by atoms with Gasteiger partial charge in [-0.1, -0.05) is 20.8 Å². The molecule has 4 nitrogen and oxygen atoms in total. The van der Waals surface area contributed by atoms with Crippen LogP contribution in [0.25, 0.3) is 0 Å². The Kier molecular flexibility index (Phi) is 4.68. The van der Waals surface area contributed by atoms with Gasteiger partial charge in [-0.05, 0) is 52.0 Å². The first-order valence-electron chi connectivity index (χ1n) is 6.31. The van der Waals surface area contributed by atoms with Crippen molar-refractivity contribution in [3.63, 3.8) is 0 Å². The van der Waals surface area contributed by atoms with Crippen LogP contribution in [-0.2, 0) is 5.41 Å². The summed E-state index contributed by atoms with van der Waals surface area (Å²) in [6.45, 7) is 6.02. The molecule has 0 saturated carbocycles. The van der Waals surface area contributed by atoms with E-state index >= 15 is 0 Å². The highest BCUT2D eigenvalue weighted by molar-refractivity contribution is 9.10. The van der Waals surface area contributed by atoms with Crippen LogP contribution in [0.15, 0.2) is 45.0 Å². The van der Waals surface area contributed by atoms with Gasteiger partial charge in [0.2, 0.25) is 0 Å². The van der Waals surface area contributed by atoms with Gasteiger partial charge in [-0.2, -0.15) is 0 Å². The maximum absolute atomic E-state index is 11.3. The minimum absolute atomic E-state index is 0.220. The van der Waals surface area contributed by atoms with E-state index in [0.717, 1.165) is 15.2 Å². The first-order chi connectivity index (χ1) is 9.77. The van der Waals surface area contributed by atoms with Crippen molar-refractivity contribution in [2.45, 2.75) is 36.2 Å². The second-order valence-electron chi connectivity index (χ2n) is 5.53. The number of nitrogens with zero attached hydrogens (tertiary/aromatic N) is 2. The first-order valence-corrected chi connectivity index (χ1v) is 7.92. The van der Waals surface area contributed by atoms with E-state index in [1.165, 1.54) is 11.8 Å². The standard InChI is InChI=1S/C15H15BrN2O2S/c1-15(2,3)11-7-9(14(19)20)8-12(18-11)21-13-10(16)5-4-6-17-13/h4-8H,1-3H3,(H,19,20). The van der Waals surface area contributed by atoms with Gasteiger partial charge >= 0.3 is 5.97 Å². The lowest BCUT2D eigenvalue weighted by molar-refractivity contribution is 0.0696. The summed E-state index contributed by atoms with van der Waals surface area (Å²) in [4.78, 5) is 20.1. The molecule has 0 aliphatic heterocycles. The highest BCUT2D eigenvalue weighted by Crippen LogP contribution is 2.32. The average Bonchev–Trinajstić information content (AvgIpc) is 2.40. The number of carboxylic acids is 1. The summed E-state index contributed by atoms with van der Waals surface area (Å²) in [6, 6.07) is 6.92. The van der Waals surface area contributed by atoms with Gasteiger partial charge in [-0.25, -0.2) is 14.8 Å². The molecule has 21 heavy (non-hydrogen) atoms. The van der Waals surface area contributed by atoms with Crippen LogP contribution in [0.5, 0.6) is 0 Å². The third-order valence-electron chi connectivity index (χ3n) is 2.74. The van der Waals surface area contributed by atoms with E-state index in [-0.39, 0.29) is 11.0 Å². The molecule has 2 aromatic heterocycles. The molecule has 6 heteroatoms. The zero-order valence-electron chi connectivity index (χ0n) is 11.9. The normalized spacial score (nSPS) is 11.4. The molecule has 0 aliphatic rings. The topological polar surface area (TPSA) is 63.1 Å². The Morgan fingerprint density at radius 3 is 2.62 bits per heavy atom. The summed E-state index contributed by atoms with van der Waals surface area (Å²) >= 11 is 4.78. The van der Waals surface area contributed by atoms with E-state index in [1.54, 1.807) is 18.3 Å². The van der Waals surface area contributed by atoms with E-state index in [4.69, 9.17) is 0 Å². The second kappa shape index (κ2) is 6.15. The van der Waals surface area contributed by atoms with Gasteiger partial charge in [-0.15, -0.1) is 0 Å². The van der Waals surface area contributed by atoms with Crippen molar-refractivity contribution in [1.82, 2.24) is 9.97 Å². The third-order valence-corrected chi connectivity index (χ3v) is 4.58. The fraction of sp³-hybridized carbons (Fsp3) is 0.267. The fourth-order valence-electron chi connectivity index (χ4n) is 1.61. The van der Waals surface area contributed by atoms with Crippen LogP contribution >= 0.6 is 27.7 Å². The maximum atomic E-state index is 11.3. The zero-order valence-corrected chi connectivity index (χ0v) is 14.3. The number of hydrogen-bond acceptors (Lipinski definition) is 4. The number of carbonyl (C=O) groups is 1. The number of hydrogen-bond donors (Lipinski definition) is 1. The molecule has 1 N–H and O–H groups in total. The lowest BCUT2D eigenvalue weighted by atomic mass is 9.91. The summed E-state index contributed by atoms with van der Waals surface area (Å²) in [6.07, 6.45) is 1.69. The third kappa shape index (κ3) is 4.04. The molecule has 0 unspecified atom stereocenters. The van der Waals surface area contributed by atoms with Crippen LogP contribution in [0.1, 0.15) is 36.8 Å². The lowest BCUT2D eigenvalue weighted by Gasteiger charge is -2.19. The van der Waals surface area contributed by atoms with Crippen molar-refractivity contribution in [3.8, 4) is 0 Å². The van der Waals surface area contributed by atoms with Crippen LogP contribution in [0.2, 0.25) is 0 Å². The SMILES string of the molecule is CC(C)(C)c1cc(C(=O)O)cc(Sc2ncccc2Br)n1. The van der Waals surface area contributed by atoms with E-state index in [0.29, 0.717) is 5.03 Å². The van der Waals surface area contributed by atoms with Gasteiger partial charge in [0.1, 0.15) is 10.1 Å². The van der Waals surface area contributed by atoms with Gasteiger partial charge < -0.3 is 5.11 Å². The average molecular weight is 367 g/mol. The van der Waals surface area contributed by atoms with Crippen molar-refractivity contribution in [3.05, 3.63) is 46.2 Å². The summed E-state index contributed by atoms with van der Waals surface area (Å²) in [5.41, 5.74) is 0.767. The Balaban J connectivity index is 2.46. The molecule has 2 rings (SSSR count). The number of pyridine rings is 2. The first kappa shape index (κ1) is 16.0. The Hall–Kier alpha value is -1.40. The molecule has 2 aromatic rings. The minimum atomic E-state index is -0.954. The van der Waals surface area contributed by atoms with Crippen LogP contribution < -0.4 is 0 Å². The van der Waals surface area contributed by atoms with Gasteiger partial charge in [0, 0.05) is 17.3 Å². The second-order valence-corrected chi connectivity index (χ2v) is 7.39. The molecule has 0 saturated heterocycles. The van der Waals surface area contributed by atoms with Crippen molar-refractivity contribution in [2.75, 3.05) is 0 Å². The molecule has 0 radical (unpaired) electrons. The Morgan fingerprint density at radius 1 is 1.33 bits per heavy atom. The summed E-state index contributed by atoms with van der Waals surface area (Å²) in [5, 5.41) is 10.6. The fourth-order valence-corrected chi connectivity index (χ4v) is 2.92. The smallest absolute Gasteiger partial charge is 0.335 e. The highest BCUT2D eigenvalue weighted by atomic mass is 79.9. The van der Waals surface area contributed by atoms with Crippen LogP contribution in [-0.4, -0.2) is 21.0 Å². The predicted molar refractivity (Wildman–Crippen MR) is 86.0 cm³/mol. The Bertz CT molecular complexity index is 684. The maximum Gasteiger partial charge on any atom is 0.335 e. The van der Waals surface area contributed by atoms with Crippen LogP contribution in [0, 0.1) is 0 Å². The van der Waals surface area contributed by atoms with E-state index in [1.807, 2.05) is 32.9 Å². The quantitative estimate of drug-likeness (QED) is 0.872. The molecular formula is C15H15BrN2O2S. The Labute approximate surface area is 136 Å². The number of aromatic carboxylic acids is 1. The highest BCUT2D eigenvalue weighted by Gasteiger charge is 2.19. The molecule has 2 heterocycles. The lowest BCUT2D eigenvalue weighted by Crippen LogP contribution is -2.15. The summed E-state index contributed by atoms with van der Waals surface area (Å²) in [7, 11) is 0. The number of aromatic nitrogens is 2. The molecular weight excluding hydrogens is 352 g/mol. The molecule has 0 amide bonds. The van der Waals surface area contributed by atoms with Gasteiger partial charge in [0.05, 0.1) is 10.0 Å². The van der Waals surface area contributed by atoms with Gasteiger partial charge in [-0.3, -0.25) is 0 Å². The predicted octanol–water partition coefficient (Wildman–Crippen LogP) is 4.39. The number of halogens is 1. The molecule has 110 valence electrons. The van der Waals surface area contributed by atoms with E-state index < -0.39 is 5.97 Å². The van der Waals surface area contributed by atoms with Crippen LogP contribution in [0.4, 0.5) is 0 Å². The van der Waals surface area contributed by atoms with Gasteiger partial charge in [0.15, 0.2) is 0 Å². The van der Waals surface area contributed by atoms with Crippen molar-refractivity contribution in [2.24, 2.45) is 0 Å². The largest absolute Gasteiger partial charge is 0.478 e. The molecule has 0 spiro atoms. The number of rotatable bonds is 3. The van der Waals surface area contributed by atoms with Crippen molar-refractivity contribution >= 4 is 33.7 Å². The molecule has 0 atom stereocenters. The van der Waals surface area contributed by atoms with Crippen LogP contribution in [0.3, 0.4) is 0 Å². The molecule has 0 aromatic carbocycles. The summed E-state index contributed by atoms with van der Waals surface area (Å²) < 4.78 is 0.856. The Morgan fingerprint density at radius 2 is 2.05 bits per heavy atom. The minimum Gasteiger partial charge on any atom is -0.478 e. The monoisotopic (exact) mass is 366 g/mol. The molecule has 0 aliphatic carbocycles. The van der Waals surface area contributed by atoms with E-state index in [9.17, 15) is 9.90 Å². The number of carboxylic acid groups (broad SMARTS) is 1. The molecule has 0 fully saturated rings. The van der Waals surface area contributed by atoms with Crippen molar-refractivity contribution < 1.29 is 9.90 Å². The van der Waals surface area contributed by atoms with Gasteiger partial charge in [0.25, 0.3) is 0 Å². The zero-order chi connectivity index (χ0) is 15.6.